The number of hydrogen-bond acceptors (Lipinski definition) is 3. The number of carbonyl (C=O) groups is 1. The highest BCUT2D eigenvalue weighted by Gasteiger charge is 2.18. The molecule has 0 saturated carbocycles. The Kier molecular flexibility index (Phi) is 3.69. The van der Waals surface area contributed by atoms with Crippen LogP contribution in [0.4, 0.5) is 11.4 Å². The summed E-state index contributed by atoms with van der Waals surface area (Å²) in [6.07, 6.45) is 4.89. The van der Waals surface area contributed by atoms with Crippen molar-refractivity contribution in [2.24, 2.45) is 0 Å². The molecule has 0 aromatic heterocycles. The van der Waals surface area contributed by atoms with E-state index in [0.29, 0.717) is 6.42 Å². The van der Waals surface area contributed by atoms with E-state index in [1.54, 1.807) is 0 Å². The topological polar surface area (TPSA) is 50.4 Å². The highest BCUT2D eigenvalue weighted by Crippen LogP contribution is 2.25. The molecule has 3 rings (SSSR count). The number of ether oxygens (including phenoxy) is 1. The van der Waals surface area contributed by atoms with Crippen LogP contribution in [0.1, 0.15) is 31.2 Å². The van der Waals surface area contributed by atoms with Crippen LogP contribution in [0.25, 0.3) is 0 Å². The molecular formula is C15H20N2O2. The van der Waals surface area contributed by atoms with Crippen LogP contribution >= 0.6 is 0 Å². The van der Waals surface area contributed by atoms with Crippen molar-refractivity contribution in [2.75, 3.05) is 23.8 Å². The molecule has 2 aliphatic rings. The largest absolute Gasteiger partial charge is 0.384 e. The first-order chi connectivity index (χ1) is 9.31. The van der Waals surface area contributed by atoms with E-state index < -0.39 is 0 Å². The molecular weight excluding hydrogens is 240 g/mol. The number of amides is 1. The maximum Gasteiger partial charge on any atom is 0.226 e. The summed E-state index contributed by atoms with van der Waals surface area (Å²) in [5.41, 5.74) is 3.36. The van der Waals surface area contributed by atoms with E-state index in [0.717, 1.165) is 38.1 Å². The Bertz CT molecular complexity index is 467. The molecule has 19 heavy (non-hydrogen) atoms. The zero-order valence-electron chi connectivity index (χ0n) is 11.1. The number of benzene rings is 1. The van der Waals surface area contributed by atoms with Crippen molar-refractivity contribution in [3.8, 4) is 0 Å². The lowest BCUT2D eigenvalue weighted by atomic mass is 10.1. The molecule has 0 radical (unpaired) electrons. The van der Waals surface area contributed by atoms with E-state index in [4.69, 9.17) is 4.74 Å². The zero-order valence-corrected chi connectivity index (χ0v) is 11.1. The van der Waals surface area contributed by atoms with Crippen LogP contribution in [0, 0.1) is 0 Å². The highest BCUT2D eigenvalue weighted by atomic mass is 16.5. The lowest BCUT2D eigenvalue weighted by Gasteiger charge is -2.22. The van der Waals surface area contributed by atoms with E-state index in [9.17, 15) is 4.79 Å². The minimum Gasteiger partial charge on any atom is -0.384 e. The van der Waals surface area contributed by atoms with E-state index in [-0.39, 0.29) is 12.0 Å². The molecule has 2 aliphatic heterocycles. The minimum absolute atomic E-state index is 0.0535. The van der Waals surface area contributed by atoms with Gasteiger partial charge in [0.05, 0.1) is 12.5 Å². The standard InChI is InChI=1S/C15H20N2O2/c18-15(10-13-3-1-2-8-19-13)17-12-4-5-14-11(9-12)6-7-16-14/h4-5,9,13,16H,1-3,6-8,10H2,(H,17,18). The Morgan fingerprint density at radius 3 is 3.21 bits per heavy atom. The minimum atomic E-state index is 0.0535. The molecule has 1 atom stereocenters. The van der Waals surface area contributed by atoms with Gasteiger partial charge in [-0.2, -0.15) is 0 Å². The van der Waals surface area contributed by atoms with Gasteiger partial charge in [0.25, 0.3) is 0 Å². The number of nitrogens with one attached hydrogen (secondary N) is 2. The fraction of sp³-hybridized carbons (Fsp3) is 0.533. The van der Waals surface area contributed by atoms with Crippen molar-refractivity contribution >= 4 is 17.3 Å². The van der Waals surface area contributed by atoms with Gasteiger partial charge in [0.1, 0.15) is 0 Å². The molecule has 102 valence electrons. The van der Waals surface area contributed by atoms with E-state index >= 15 is 0 Å². The van der Waals surface area contributed by atoms with Crippen molar-refractivity contribution in [1.29, 1.82) is 0 Å². The monoisotopic (exact) mass is 260 g/mol. The number of carbonyl (C=O) groups excluding carboxylic acids is 1. The van der Waals surface area contributed by atoms with Gasteiger partial charge in [-0.15, -0.1) is 0 Å². The van der Waals surface area contributed by atoms with Crippen LogP contribution in [0.3, 0.4) is 0 Å². The van der Waals surface area contributed by atoms with Crippen LogP contribution in [0.5, 0.6) is 0 Å². The third kappa shape index (κ3) is 3.07. The van der Waals surface area contributed by atoms with Crippen molar-refractivity contribution in [2.45, 2.75) is 38.2 Å². The molecule has 1 fully saturated rings. The predicted molar refractivity (Wildman–Crippen MR) is 75.5 cm³/mol. The maximum absolute atomic E-state index is 12.0. The van der Waals surface area contributed by atoms with Gasteiger partial charge in [-0.1, -0.05) is 0 Å². The molecule has 2 heterocycles. The molecule has 1 saturated heterocycles. The summed E-state index contributed by atoms with van der Waals surface area (Å²) < 4.78 is 5.59. The lowest BCUT2D eigenvalue weighted by molar-refractivity contribution is -0.119. The highest BCUT2D eigenvalue weighted by molar-refractivity contribution is 5.91. The Morgan fingerprint density at radius 2 is 2.37 bits per heavy atom. The summed E-state index contributed by atoms with van der Waals surface area (Å²) >= 11 is 0. The Balaban J connectivity index is 1.56. The van der Waals surface area contributed by atoms with Gasteiger partial charge in [-0.25, -0.2) is 0 Å². The van der Waals surface area contributed by atoms with Crippen LogP contribution in [0.2, 0.25) is 0 Å². The third-order valence-electron chi connectivity index (χ3n) is 3.79. The van der Waals surface area contributed by atoms with Crippen molar-refractivity contribution in [3.05, 3.63) is 23.8 Å². The molecule has 1 amide bonds. The second-order valence-corrected chi connectivity index (χ2v) is 5.29. The molecule has 2 N–H and O–H groups in total. The second kappa shape index (κ2) is 5.61. The van der Waals surface area contributed by atoms with E-state index in [1.165, 1.54) is 17.7 Å². The summed E-state index contributed by atoms with van der Waals surface area (Å²) in [6.45, 7) is 1.78. The first kappa shape index (κ1) is 12.5. The van der Waals surface area contributed by atoms with Crippen molar-refractivity contribution in [1.82, 2.24) is 0 Å². The molecule has 4 nitrogen and oxygen atoms in total. The number of fused-ring (bicyclic) bond motifs is 1. The number of hydrogen-bond donors (Lipinski definition) is 2. The van der Waals surface area contributed by atoms with E-state index in [2.05, 4.69) is 16.7 Å². The van der Waals surface area contributed by atoms with Crippen molar-refractivity contribution in [3.63, 3.8) is 0 Å². The van der Waals surface area contributed by atoms with Crippen LogP contribution in [0.15, 0.2) is 18.2 Å². The summed E-state index contributed by atoms with van der Waals surface area (Å²) in [5.74, 6) is 0.0535. The first-order valence-electron chi connectivity index (χ1n) is 7.09. The fourth-order valence-corrected chi connectivity index (χ4v) is 2.77. The number of anilines is 2. The first-order valence-corrected chi connectivity index (χ1v) is 7.09. The van der Waals surface area contributed by atoms with Gasteiger partial charge >= 0.3 is 0 Å². The van der Waals surface area contributed by atoms with Crippen LogP contribution in [-0.2, 0) is 16.0 Å². The van der Waals surface area contributed by atoms with Crippen LogP contribution < -0.4 is 10.6 Å². The molecule has 0 bridgehead atoms. The molecule has 0 spiro atoms. The summed E-state index contributed by atoms with van der Waals surface area (Å²) in [4.78, 5) is 12.0. The molecule has 1 aromatic carbocycles. The molecule has 4 heteroatoms. The smallest absolute Gasteiger partial charge is 0.226 e. The Morgan fingerprint density at radius 1 is 1.42 bits per heavy atom. The molecule has 1 unspecified atom stereocenters. The van der Waals surface area contributed by atoms with Crippen molar-refractivity contribution < 1.29 is 9.53 Å². The Hall–Kier alpha value is -1.55. The number of rotatable bonds is 3. The Labute approximate surface area is 113 Å². The average molecular weight is 260 g/mol. The average Bonchev–Trinajstić information content (AvgIpc) is 2.87. The van der Waals surface area contributed by atoms with Gasteiger partial charge in [0.2, 0.25) is 5.91 Å². The summed E-state index contributed by atoms with van der Waals surface area (Å²) in [6, 6.07) is 6.06. The van der Waals surface area contributed by atoms with Crippen LogP contribution in [-0.4, -0.2) is 25.2 Å². The quantitative estimate of drug-likeness (QED) is 0.878. The van der Waals surface area contributed by atoms with Gasteiger partial charge < -0.3 is 15.4 Å². The zero-order chi connectivity index (χ0) is 13.1. The maximum atomic E-state index is 12.0. The summed E-state index contributed by atoms with van der Waals surface area (Å²) in [5, 5.41) is 6.29. The van der Waals surface area contributed by atoms with Gasteiger partial charge in [-0.05, 0) is 49.4 Å². The SMILES string of the molecule is O=C(CC1CCCCO1)Nc1ccc2c(c1)CCN2. The summed E-state index contributed by atoms with van der Waals surface area (Å²) in [7, 11) is 0. The normalized spacial score (nSPS) is 21.6. The molecule has 1 aromatic rings. The van der Waals surface area contributed by atoms with Gasteiger partial charge in [0.15, 0.2) is 0 Å². The molecule has 0 aliphatic carbocycles. The third-order valence-corrected chi connectivity index (χ3v) is 3.79. The van der Waals surface area contributed by atoms with E-state index in [1.807, 2.05) is 12.1 Å². The second-order valence-electron chi connectivity index (χ2n) is 5.29. The predicted octanol–water partition coefficient (Wildman–Crippen LogP) is 2.55. The fourth-order valence-electron chi connectivity index (χ4n) is 2.77. The van der Waals surface area contributed by atoms with Gasteiger partial charge in [-0.3, -0.25) is 4.79 Å². The van der Waals surface area contributed by atoms with Gasteiger partial charge in [0, 0.05) is 24.5 Å². The lowest BCUT2D eigenvalue weighted by Crippen LogP contribution is -2.25.